The number of Topliss-reactive ketones (excluding diaryl/α,β-unsaturated/α-hetero) is 1. The first-order chi connectivity index (χ1) is 11.0. The number of aliphatic hydroxyl groups is 3. The molecule has 0 aromatic carbocycles. The van der Waals surface area contributed by atoms with Gasteiger partial charge < -0.3 is 29.9 Å². The summed E-state index contributed by atoms with van der Waals surface area (Å²) in [6, 6.07) is 0. The molecule has 4 N–H and O–H groups in total. The molecule has 3 fully saturated rings. The second-order valence-electron chi connectivity index (χ2n) is 8.04. The van der Waals surface area contributed by atoms with E-state index in [0.717, 1.165) is 0 Å². The summed E-state index contributed by atoms with van der Waals surface area (Å²) in [5, 5.41) is 38.7. The molecule has 0 spiro atoms. The quantitative estimate of drug-likeness (QED) is 0.527. The van der Waals surface area contributed by atoms with Crippen molar-refractivity contribution in [3.05, 3.63) is 0 Å². The normalized spacial score (nSPS) is 50.2. The third-order valence-corrected chi connectivity index (χ3v) is 5.95. The largest absolute Gasteiger partial charge is 0.479 e. The van der Waals surface area contributed by atoms with Crippen molar-refractivity contribution in [2.45, 2.75) is 70.4 Å². The topological polar surface area (TPSA) is 134 Å². The van der Waals surface area contributed by atoms with E-state index in [1.807, 2.05) is 20.8 Å². The molecular weight excluding hydrogens is 320 g/mol. The number of hydrogen-bond acceptors (Lipinski definition) is 7. The van der Waals surface area contributed by atoms with Crippen LogP contribution >= 0.6 is 0 Å². The number of carbonyl (C=O) groups excluding carboxylic acids is 1. The van der Waals surface area contributed by atoms with Gasteiger partial charge in [-0.3, -0.25) is 4.79 Å². The van der Waals surface area contributed by atoms with E-state index in [1.54, 1.807) is 0 Å². The number of carboxylic acids is 1. The number of hydrogen-bond donors (Lipinski definition) is 4. The van der Waals surface area contributed by atoms with E-state index >= 15 is 0 Å². The Kier molecular flexibility index (Phi) is 4.05. The molecule has 0 aromatic heterocycles. The lowest BCUT2D eigenvalue weighted by atomic mass is 9.70. The van der Waals surface area contributed by atoms with Crippen molar-refractivity contribution < 1.29 is 39.5 Å². The zero-order chi connectivity index (χ0) is 18.0. The highest BCUT2D eigenvalue weighted by Gasteiger charge is 2.64. The maximum Gasteiger partial charge on any atom is 0.335 e. The summed E-state index contributed by atoms with van der Waals surface area (Å²) in [5.74, 6) is -1.33. The van der Waals surface area contributed by atoms with Crippen molar-refractivity contribution in [2.24, 2.45) is 16.7 Å². The minimum atomic E-state index is -1.74. The Bertz CT molecular complexity index is 554. The van der Waals surface area contributed by atoms with Crippen molar-refractivity contribution in [1.82, 2.24) is 0 Å². The SMILES string of the molecule is CC12CC(OC3O[C@H](C(=O)O)[C@@H](O)[C@H](O)[C@H]3O)C(C1)C(C)(C)C2=O. The molecule has 0 aromatic rings. The number of carbonyl (C=O) groups is 2. The Morgan fingerprint density at radius 2 is 1.75 bits per heavy atom. The van der Waals surface area contributed by atoms with Gasteiger partial charge in [0.25, 0.3) is 0 Å². The number of ketones is 1. The van der Waals surface area contributed by atoms with Gasteiger partial charge in [-0.05, 0) is 18.8 Å². The molecule has 24 heavy (non-hydrogen) atoms. The molecule has 3 aliphatic rings. The fraction of sp³-hybridized carbons (Fsp3) is 0.875. The minimum Gasteiger partial charge on any atom is -0.479 e. The Hall–Kier alpha value is -1.06. The van der Waals surface area contributed by atoms with Gasteiger partial charge in [-0.2, -0.15) is 0 Å². The fourth-order valence-electron chi connectivity index (χ4n) is 4.62. The van der Waals surface area contributed by atoms with Gasteiger partial charge in [0, 0.05) is 10.8 Å². The summed E-state index contributed by atoms with van der Waals surface area (Å²) in [7, 11) is 0. The first kappa shape index (κ1) is 17.8. The van der Waals surface area contributed by atoms with Gasteiger partial charge in [-0.1, -0.05) is 20.8 Å². The standard InChI is InChI=1S/C16H24O8/c1-15(2)6-4-16(3,14(15)22)5-7(6)23-13-10(19)8(17)9(18)11(24-13)12(20)21/h6-11,13,17-19H,4-5H2,1-3H3,(H,20,21)/t6?,7?,8-,9-,10+,11-,13?,16?/m0/s1. The summed E-state index contributed by atoms with van der Waals surface area (Å²) in [6.45, 7) is 5.60. The lowest BCUT2D eigenvalue weighted by molar-refractivity contribution is -0.309. The zero-order valence-corrected chi connectivity index (χ0v) is 13.9. The van der Waals surface area contributed by atoms with Crippen LogP contribution in [0.3, 0.4) is 0 Å². The van der Waals surface area contributed by atoms with Crippen molar-refractivity contribution in [3.8, 4) is 0 Å². The predicted octanol–water partition coefficient (Wildman–Crippen LogP) is -0.711. The maximum absolute atomic E-state index is 12.5. The van der Waals surface area contributed by atoms with Crippen LogP contribution in [0.4, 0.5) is 0 Å². The molecule has 8 atom stereocenters. The molecule has 2 bridgehead atoms. The van der Waals surface area contributed by atoms with Crippen LogP contribution < -0.4 is 0 Å². The monoisotopic (exact) mass is 344 g/mol. The van der Waals surface area contributed by atoms with E-state index < -0.39 is 47.5 Å². The van der Waals surface area contributed by atoms with Crippen LogP contribution in [-0.2, 0) is 19.1 Å². The average molecular weight is 344 g/mol. The minimum absolute atomic E-state index is 0.0712. The number of ether oxygens (including phenoxy) is 2. The van der Waals surface area contributed by atoms with Gasteiger partial charge in [0.2, 0.25) is 0 Å². The Morgan fingerprint density at radius 3 is 2.25 bits per heavy atom. The van der Waals surface area contributed by atoms with E-state index in [-0.39, 0.29) is 17.8 Å². The van der Waals surface area contributed by atoms with Crippen LogP contribution in [0.25, 0.3) is 0 Å². The molecule has 0 amide bonds. The number of rotatable bonds is 3. The molecular formula is C16H24O8. The molecule has 4 unspecified atom stereocenters. The number of aliphatic carboxylic acids is 1. The first-order valence-corrected chi connectivity index (χ1v) is 8.12. The van der Waals surface area contributed by atoms with Crippen molar-refractivity contribution in [1.29, 1.82) is 0 Å². The van der Waals surface area contributed by atoms with Crippen LogP contribution in [0.15, 0.2) is 0 Å². The highest BCUT2D eigenvalue weighted by molar-refractivity contribution is 5.93. The van der Waals surface area contributed by atoms with Gasteiger partial charge in [0.1, 0.15) is 24.1 Å². The average Bonchev–Trinajstić information content (AvgIpc) is 2.92. The number of carboxylic acid groups (broad SMARTS) is 1. The molecule has 1 saturated heterocycles. The Balaban J connectivity index is 1.77. The number of aliphatic hydroxyl groups excluding tert-OH is 3. The van der Waals surface area contributed by atoms with Crippen LogP contribution in [0.2, 0.25) is 0 Å². The Labute approximate surface area is 139 Å². The molecule has 2 saturated carbocycles. The van der Waals surface area contributed by atoms with Crippen molar-refractivity contribution in [3.63, 3.8) is 0 Å². The first-order valence-electron chi connectivity index (χ1n) is 8.12. The summed E-state index contributed by atoms with van der Waals surface area (Å²) in [4.78, 5) is 23.6. The molecule has 136 valence electrons. The lowest BCUT2D eigenvalue weighted by Crippen LogP contribution is -2.61. The zero-order valence-electron chi connectivity index (χ0n) is 13.9. The fourth-order valence-corrected chi connectivity index (χ4v) is 4.62. The third kappa shape index (κ3) is 2.40. The van der Waals surface area contributed by atoms with E-state index in [2.05, 4.69) is 0 Å². The van der Waals surface area contributed by atoms with Crippen LogP contribution in [-0.4, -0.2) is 69.0 Å². The van der Waals surface area contributed by atoms with E-state index in [4.69, 9.17) is 14.6 Å². The van der Waals surface area contributed by atoms with Gasteiger partial charge in [-0.15, -0.1) is 0 Å². The highest BCUT2D eigenvalue weighted by atomic mass is 16.7. The van der Waals surface area contributed by atoms with Gasteiger partial charge >= 0.3 is 5.97 Å². The smallest absolute Gasteiger partial charge is 0.335 e. The highest BCUT2D eigenvalue weighted by Crippen LogP contribution is 2.60. The van der Waals surface area contributed by atoms with Crippen molar-refractivity contribution in [2.75, 3.05) is 0 Å². The molecule has 3 rings (SSSR count). The van der Waals surface area contributed by atoms with Crippen LogP contribution in [0.5, 0.6) is 0 Å². The predicted molar refractivity (Wildman–Crippen MR) is 78.8 cm³/mol. The molecule has 0 radical (unpaired) electrons. The van der Waals surface area contributed by atoms with Crippen molar-refractivity contribution >= 4 is 11.8 Å². The van der Waals surface area contributed by atoms with Gasteiger partial charge in [0.05, 0.1) is 6.10 Å². The van der Waals surface area contributed by atoms with Crippen LogP contribution in [0.1, 0.15) is 33.6 Å². The molecule has 1 aliphatic heterocycles. The third-order valence-electron chi connectivity index (χ3n) is 5.95. The van der Waals surface area contributed by atoms with Gasteiger partial charge in [-0.25, -0.2) is 4.79 Å². The summed E-state index contributed by atoms with van der Waals surface area (Å²) < 4.78 is 11.0. The molecule has 8 nitrogen and oxygen atoms in total. The second kappa shape index (κ2) is 5.47. The van der Waals surface area contributed by atoms with Gasteiger partial charge in [0.15, 0.2) is 12.4 Å². The Morgan fingerprint density at radius 1 is 1.12 bits per heavy atom. The summed E-state index contributed by atoms with van der Waals surface area (Å²) in [6.07, 6.45) is -7.31. The maximum atomic E-state index is 12.5. The summed E-state index contributed by atoms with van der Waals surface area (Å²) >= 11 is 0. The van der Waals surface area contributed by atoms with E-state index in [9.17, 15) is 24.9 Å². The molecule has 8 heteroatoms. The molecule has 2 aliphatic carbocycles. The lowest BCUT2D eigenvalue weighted by Gasteiger charge is -2.43. The van der Waals surface area contributed by atoms with Crippen LogP contribution in [0, 0.1) is 16.7 Å². The van der Waals surface area contributed by atoms with E-state index in [0.29, 0.717) is 12.8 Å². The second-order valence-corrected chi connectivity index (χ2v) is 8.04. The van der Waals surface area contributed by atoms with E-state index in [1.165, 1.54) is 0 Å². The number of fused-ring (bicyclic) bond motifs is 2. The molecule has 1 heterocycles. The summed E-state index contributed by atoms with van der Waals surface area (Å²) in [5.41, 5.74) is -1.07.